The molecule has 0 fully saturated rings. The van der Waals surface area contributed by atoms with Gasteiger partial charge in [0.2, 0.25) is 0 Å². The van der Waals surface area contributed by atoms with E-state index in [-0.39, 0.29) is 5.56 Å². The highest BCUT2D eigenvalue weighted by Crippen LogP contribution is 2.16. The Hall–Kier alpha value is -1.56. The minimum Gasteiger partial charge on any atom is -0.308 e. The predicted molar refractivity (Wildman–Crippen MR) is 70.4 cm³/mol. The number of rotatable bonds is 3. The number of aromatic nitrogens is 2. The van der Waals surface area contributed by atoms with Crippen LogP contribution in [-0.4, -0.2) is 10.2 Å². The van der Waals surface area contributed by atoms with E-state index in [1.807, 2.05) is 6.20 Å². The zero-order valence-corrected chi connectivity index (χ0v) is 10.8. The Morgan fingerprint density at radius 1 is 1.47 bits per heavy atom. The van der Waals surface area contributed by atoms with Crippen molar-refractivity contribution in [1.29, 1.82) is 0 Å². The van der Waals surface area contributed by atoms with Crippen LogP contribution >= 0.6 is 15.9 Å². The number of nitrogens with zero attached hydrogens (tertiary/aromatic N) is 1. The molecule has 0 atom stereocenters. The summed E-state index contributed by atoms with van der Waals surface area (Å²) in [4.78, 5) is 11.2. The Morgan fingerprint density at radius 2 is 2.35 bits per heavy atom. The van der Waals surface area contributed by atoms with E-state index in [9.17, 15) is 4.79 Å². The van der Waals surface area contributed by atoms with Crippen molar-refractivity contribution in [1.82, 2.24) is 15.6 Å². The van der Waals surface area contributed by atoms with Gasteiger partial charge < -0.3 is 5.43 Å². The molecule has 1 aromatic heterocycles. The van der Waals surface area contributed by atoms with Crippen LogP contribution in [0.2, 0.25) is 0 Å². The van der Waals surface area contributed by atoms with E-state index < -0.39 is 0 Å². The molecule has 0 radical (unpaired) electrons. The zero-order valence-electron chi connectivity index (χ0n) is 9.16. The standard InChI is InChI=1S/C11H13BrN4O/c12-10-9(7-14-16-11(10)17)15-13-6-8-4-2-1-3-5-8/h1-2,6-7,13H,3-5H2,(H2,15,16,17)/b8-6+. The van der Waals surface area contributed by atoms with E-state index >= 15 is 0 Å². The van der Waals surface area contributed by atoms with Crippen LogP contribution < -0.4 is 16.4 Å². The highest BCUT2D eigenvalue weighted by atomic mass is 79.9. The SMILES string of the molecule is O=c1[nH]ncc(NN/C=C2\CC=CCC2)c1Br. The first-order valence-corrected chi connectivity index (χ1v) is 6.14. The smallest absolute Gasteiger partial charge is 0.280 e. The van der Waals surface area contributed by atoms with Gasteiger partial charge in [-0.05, 0) is 40.8 Å². The van der Waals surface area contributed by atoms with Gasteiger partial charge in [0.1, 0.15) is 4.47 Å². The third-order valence-electron chi connectivity index (χ3n) is 2.46. The van der Waals surface area contributed by atoms with E-state index in [2.05, 4.69) is 49.1 Å². The number of anilines is 1. The molecule has 1 aromatic rings. The lowest BCUT2D eigenvalue weighted by molar-refractivity contribution is 0.869. The Labute approximate surface area is 107 Å². The quantitative estimate of drug-likeness (QED) is 0.590. The molecule has 0 saturated heterocycles. The first kappa shape index (κ1) is 11.9. The molecule has 0 aliphatic heterocycles. The van der Waals surface area contributed by atoms with Crippen molar-refractivity contribution in [2.45, 2.75) is 19.3 Å². The molecule has 0 amide bonds. The van der Waals surface area contributed by atoms with Crippen molar-refractivity contribution in [2.75, 3.05) is 5.43 Å². The van der Waals surface area contributed by atoms with Crippen LogP contribution in [-0.2, 0) is 0 Å². The van der Waals surface area contributed by atoms with Crippen LogP contribution in [0.5, 0.6) is 0 Å². The number of hydrogen-bond acceptors (Lipinski definition) is 4. The Bertz CT molecular complexity index is 506. The summed E-state index contributed by atoms with van der Waals surface area (Å²) in [5.41, 5.74) is 7.57. The number of halogens is 1. The van der Waals surface area contributed by atoms with Gasteiger partial charge in [0.05, 0.1) is 11.9 Å². The highest BCUT2D eigenvalue weighted by Gasteiger charge is 2.03. The molecule has 1 heterocycles. The van der Waals surface area contributed by atoms with Crippen LogP contribution in [0.3, 0.4) is 0 Å². The third-order valence-corrected chi connectivity index (χ3v) is 3.24. The normalized spacial score (nSPS) is 17.1. The van der Waals surface area contributed by atoms with Gasteiger partial charge in [0.25, 0.3) is 5.56 Å². The summed E-state index contributed by atoms with van der Waals surface area (Å²) in [7, 11) is 0. The molecule has 1 aliphatic rings. The average molecular weight is 297 g/mol. The number of hydrogen-bond donors (Lipinski definition) is 3. The van der Waals surface area contributed by atoms with E-state index in [0.717, 1.165) is 19.3 Å². The number of H-pyrrole nitrogens is 1. The van der Waals surface area contributed by atoms with Gasteiger partial charge in [0, 0.05) is 6.20 Å². The fraction of sp³-hybridized carbons (Fsp3) is 0.273. The second-order valence-electron chi connectivity index (χ2n) is 3.71. The summed E-state index contributed by atoms with van der Waals surface area (Å²) in [6.07, 6.45) is 10.9. The molecule has 6 heteroatoms. The Kier molecular flexibility index (Phi) is 3.98. The van der Waals surface area contributed by atoms with Crippen molar-refractivity contribution in [3.05, 3.63) is 44.9 Å². The van der Waals surface area contributed by atoms with Gasteiger partial charge in [-0.1, -0.05) is 12.2 Å². The molecular weight excluding hydrogens is 284 g/mol. The predicted octanol–water partition coefficient (Wildman–Crippen LogP) is 2.07. The van der Waals surface area contributed by atoms with E-state index in [1.54, 1.807) is 0 Å². The Balaban J connectivity index is 1.96. The largest absolute Gasteiger partial charge is 0.308 e. The molecule has 3 N–H and O–H groups in total. The molecule has 0 bridgehead atoms. The fourth-order valence-electron chi connectivity index (χ4n) is 1.54. The molecule has 0 unspecified atom stereocenters. The summed E-state index contributed by atoms with van der Waals surface area (Å²) in [5, 5.41) is 6.04. The van der Waals surface area contributed by atoms with Crippen LogP contribution in [0.1, 0.15) is 19.3 Å². The topological polar surface area (TPSA) is 69.8 Å². The molecular formula is C11H13BrN4O. The lowest BCUT2D eigenvalue weighted by atomic mass is 10.0. The van der Waals surface area contributed by atoms with Gasteiger partial charge in [-0.3, -0.25) is 10.2 Å². The van der Waals surface area contributed by atoms with E-state index in [1.165, 1.54) is 11.8 Å². The lowest BCUT2D eigenvalue weighted by Gasteiger charge is -2.11. The van der Waals surface area contributed by atoms with Crippen LogP contribution in [0.4, 0.5) is 5.69 Å². The number of aromatic amines is 1. The molecule has 5 nitrogen and oxygen atoms in total. The Morgan fingerprint density at radius 3 is 3.12 bits per heavy atom. The van der Waals surface area contributed by atoms with Gasteiger partial charge in [-0.15, -0.1) is 0 Å². The second kappa shape index (κ2) is 5.67. The van der Waals surface area contributed by atoms with Gasteiger partial charge in [-0.25, -0.2) is 5.10 Å². The van der Waals surface area contributed by atoms with Crippen LogP contribution in [0.15, 0.2) is 39.4 Å². The summed E-state index contributed by atoms with van der Waals surface area (Å²) in [5.74, 6) is 0. The van der Waals surface area contributed by atoms with Gasteiger partial charge >= 0.3 is 0 Å². The maximum atomic E-state index is 11.2. The monoisotopic (exact) mass is 296 g/mol. The highest BCUT2D eigenvalue weighted by molar-refractivity contribution is 9.10. The van der Waals surface area contributed by atoms with E-state index in [0.29, 0.717) is 10.2 Å². The molecule has 2 rings (SSSR count). The fourth-order valence-corrected chi connectivity index (χ4v) is 1.83. The molecule has 90 valence electrons. The minimum absolute atomic E-state index is 0.259. The maximum absolute atomic E-state index is 11.2. The molecule has 17 heavy (non-hydrogen) atoms. The van der Waals surface area contributed by atoms with Crippen molar-refractivity contribution in [2.24, 2.45) is 0 Å². The van der Waals surface area contributed by atoms with Crippen molar-refractivity contribution < 1.29 is 0 Å². The third kappa shape index (κ3) is 3.20. The maximum Gasteiger partial charge on any atom is 0.280 e. The first-order valence-electron chi connectivity index (χ1n) is 5.35. The summed E-state index contributed by atoms with van der Waals surface area (Å²) >= 11 is 3.19. The lowest BCUT2D eigenvalue weighted by Crippen LogP contribution is -2.19. The van der Waals surface area contributed by atoms with Gasteiger partial charge in [-0.2, -0.15) is 5.10 Å². The number of hydrazine groups is 1. The molecule has 0 saturated carbocycles. The van der Waals surface area contributed by atoms with Crippen LogP contribution in [0, 0.1) is 0 Å². The van der Waals surface area contributed by atoms with E-state index in [4.69, 9.17) is 0 Å². The van der Waals surface area contributed by atoms with Gasteiger partial charge in [0.15, 0.2) is 0 Å². The van der Waals surface area contributed by atoms with Crippen molar-refractivity contribution in [3.8, 4) is 0 Å². The second-order valence-corrected chi connectivity index (χ2v) is 4.51. The zero-order chi connectivity index (χ0) is 12.1. The molecule has 0 aromatic carbocycles. The van der Waals surface area contributed by atoms with Crippen molar-refractivity contribution in [3.63, 3.8) is 0 Å². The number of nitrogens with one attached hydrogen (secondary N) is 3. The molecule has 1 aliphatic carbocycles. The number of allylic oxidation sites excluding steroid dienone is 3. The summed E-state index contributed by atoms with van der Waals surface area (Å²) in [6, 6.07) is 0. The first-order chi connectivity index (χ1) is 8.27. The van der Waals surface area contributed by atoms with Crippen LogP contribution in [0.25, 0.3) is 0 Å². The average Bonchev–Trinajstić information content (AvgIpc) is 2.36. The summed E-state index contributed by atoms with van der Waals surface area (Å²) < 4.78 is 0.432. The molecule has 0 spiro atoms. The summed E-state index contributed by atoms with van der Waals surface area (Å²) in [6.45, 7) is 0. The van der Waals surface area contributed by atoms with Crippen molar-refractivity contribution >= 4 is 21.6 Å². The minimum atomic E-state index is -0.259.